The van der Waals surface area contributed by atoms with Crippen LogP contribution in [-0.4, -0.2) is 30.8 Å². The van der Waals surface area contributed by atoms with Crippen molar-refractivity contribution in [1.29, 1.82) is 5.26 Å². The number of fused-ring (bicyclic) bond motifs is 1. The molecule has 3 aromatic rings. The minimum atomic E-state index is -4.58. The van der Waals surface area contributed by atoms with Gasteiger partial charge in [-0.05, 0) is 44.0 Å². The number of benzene rings is 2. The molecule has 1 aliphatic rings. The fourth-order valence-corrected chi connectivity index (χ4v) is 6.45. The summed E-state index contributed by atoms with van der Waals surface area (Å²) in [4.78, 5) is 4.06. The molecule has 0 spiro atoms. The fraction of sp³-hybridized carbons (Fsp3) is 0.333. The second kappa shape index (κ2) is 10.1. The number of hydrogen-bond donors (Lipinski definition) is 0. The number of nitrogens with zero attached hydrogens (tertiary/aromatic N) is 3. The van der Waals surface area contributed by atoms with Crippen LogP contribution in [0.4, 0.5) is 13.2 Å². The maximum Gasteiger partial charge on any atom is 0.417 e. The molecule has 6 nitrogen and oxygen atoms in total. The van der Waals surface area contributed by atoms with E-state index in [1.807, 2.05) is 0 Å². The van der Waals surface area contributed by atoms with Crippen molar-refractivity contribution in [3.8, 4) is 11.8 Å². The van der Waals surface area contributed by atoms with E-state index in [0.717, 1.165) is 6.07 Å². The molecule has 2 heterocycles. The van der Waals surface area contributed by atoms with E-state index in [0.29, 0.717) is 12.8 Å². The van der Waals surface area contributed by atoms with E-state index in [-0.39, 0.29) is 68.5 Å². The van der Waals surface area contributed by atoms with E-state index in [2.05, 4.69) is 11.1 Å². The Morgan fingerprint density at radius 1 is 1.19 bits per heavy atom. The zero-order chi connectivity index (χ0) is 26.3. The van der Waals surface area contributed by atoms with Crippen LogP contribution in [-0.2, 0) is 22.8 Å². The molecule has 0 atom stereocenters. The zero-order valence-corrected chi connectivity index (χ0v) is 21.3. The summed E-state index contributed by atoms with van der Waals surface area (Å²) in [5.74, 6) is -0.127. The molecule has 190 valence electrons. The van der Waals surface area contributed by atoms with Crippen LogP contribution in [0.3, 0.4) is 0 Å². The molecule has 0 amide bonds. The third-order valence-electron chi connectivity index (χ3n) is 6.01. The van der Waals surface area contributed by atoms with E-state index in [9.17, 15) is 21.6 Å². The number of halogens is 5. The van der Waals surface area contributed by atoms with E-state index >= 15 is 0 Å². The van der Waals surface area contributed by atoms with Gasteiger partial charge in [0.15, 0.2) is 0 Å². The van der Waals surface area contributed by atoms with Crippen LogP contribution < -0.4 is 4.74 Å². The van der Waals surface area contributed by atoms with Crippen LogP contribution in [0.15, 0.2) is 41.3 Å². The highest BCUT2D eigenvalue weighted by Crippen LogP contribution is 2.39. The Bertz CT molecular complexity index is 1470. The Hall–Kier alpha value is -2.58. The van der Waals surface area contributed by atoms with Crippen LogP contribution >= 0.6 is 23.2 Å². The molecule has 0 unspecified atom stereocenters. The van der Waals surface area contributed by atoms with Gasteiger partial charge in [0.25, 0.3) is 0 Å². The monoisotopic (exact) mass is 557 g/mol. The first kappa shape index (κ1) is 26.5. The molecule has 0 bridgehead atoms. The summed E-state index contributed by atoms with van der Waals surface area (Å²) in [6.45, 7) is 1.53. The molecule has 36 heavy (non-hydrogen) atoms. The third kappa shape index (κ3) is 5.11. The van der Waals surface area contributed by atoms with Crippen LogP contribution in [0, 0.1) is 24.2 Å². The van der Waals surface area contributed by atoms with Gasteiger partial charge < -0.3 is 4.74 Å². The average Bonchev–Trinajstić information content (AvgIpc) is 2.82. The molecular formula is C24H20Cl2F3N3O3S. The van der Waals surface area contributed by atoms with Crippen molar-refractivity contribution < 1.29 is 26.3 Å². The lowest BCUT2D eigenvalue weighted by Crippen LogP contribution is -2.38. The summed E-state index contributed by atoms with van der Waals surface area (Å²) in [5, 5.41) is 8.95. The zero-order valence-electron chi connectivity index (χ0n) is 18.9. The molecule has 0 radical (unpaired) electrons. The lowest BCUT2D eigenvalue weighted by atomic mass is 10.0. The van der Waals surface area contributed by atoms with Crippen molar-refractivity contribution >= 4 is 44.1 Å². The van der Waals surface area contributed by atoms with E-state index < -0.39 is 21.8 Å². The van der Waals surface area contributed by atoms with Crippen molar-refractivity contribution in [3.05, 3.63) is 63.3 Å². The molecule has 0 saturated carbocycles. The van der Waals surface area contributed by atoms with Crippen molar-refractivity contribution in [2.75, 3.05) is 13.1 Å². The van der Waals surface area contributed by atoms with E-state index in [1.165, 1.54) is 41.6 Å². The summed E-state index contributed by atoms with van der Waals surface area (Å²) in [7, 11) is -3.97. The normalized spacial score (nSPS) is 15.7. The van der Waals surface area contributed by atoms with Gasteiger partial charge in [0, 0.05) is 40.7 Å². The number of pyridine rings is 1. The maximum absolute atomic E-state index is 13.6. The molecule has 0 N–H and O–H groups in total. The number of hydrogen-bond acceptors (Lipinski definition) is 5. The van der Waals surface area contributed by atoms with Crippen LogP contribution in [0.1, 0.15) is 29.7 Å². The van der Waals surface area contributed by atoms with Crippen molar-refractivity contribution in [2.24, 2.45) is 5.92 Å². The lowest BCUT2D eigenvalue weighted by Gasteiger charge is -2.29. The minimum Gasteiger partial charge on any atom is -0.487 e. The summed E-state index contributed by atoms with van der Waals surface area (Å²) < 4.78 is 74.2. The second-order valence-electron chi connectivity index (χ2n) is 8.40. The first-order chi connectivity index (χ1) is 16.9. The largest absolute Gasteiger partial charge is 0.487 e. The number of sulfonamides is 1. The maximum atomic E-state index is 13.6. The van der Waals surface area contributed by atoms with Gasteiger partial charge >= 0.3 is 6.18 Å². The highest BCUT2D eigenvalue weighted by molar-refractivity contribution is 7.89. The van der Waals surface area contributed by atoms with Crippen molar-refractivity contribution in [1.82, 2.24) is 9.29 Å². The quantitative estimate of drug-likeness (QED) is 0.364. The number of aryl methyl sites for hydroxylation is 1. The lowest BCUT2D eigenvalue weighted by molar-refractivity contribution is -0.136. The Balaban J connectivity index is 1.66. The van der Waals surface area contributed by atoms with Gasteiger partial charge in [-0.2, -0.15) is 22.7 Å². The van der Waals surface area contributed by atoms with Gasteiger partial charge in [-0.25, -0.2) is 13.4 Å². The highest BCUT2D eigenvalue weighted by Gasteiger charge is 2.34. The van der Waals surface area contributed by atoms with Crippen LogP contribution in [0.25, 0.3) is 10.9 Å². The number of aromatic nitrogens is 1. The number of piperidine rings is 1. The molecule has 1 aliphatic heterocycles. The number of nitriles is 1. The predicted molar refractivity (Wildman–Crippen MR) is 129 cm³/mol. The number of rotatable bonds is 5. The molecule has 12 heteroatoms. The standard InChI is InChI=1S/C24H20Cl2F3N3O3S/c1-14-11-18(24(27,28)29)16-3-2-4-20(23(16)31-14)35-13-17-19(25)5-6-21(22(17)26)36(33,34)32-9-7-15(12-30)8-10-32/h2-6,11,15H,7-10,13H2,1H3. The highest BCUT2D eigenvalue weighted by atomic mass is 35.5. The average molecular weight is 558 g/mol. The summed E-state index contributed by atoms with van der Waals surface area (Å²) in [6, 6.07) is 10.00. The van der Waals surface area contributed by atoms with Gasteiger partial charge in [-0.3, -0.25) is 0 Å². The molecule has 1 fully saturated rings. The van der Waals surface area contributed by atoms with Gasteiger partial charge in [-0.1, -0.05) is 35.3 Å². The van der Waals surface area contributed by atoms with Crippen LogP contribution in [0.2, 0.25) is 10.0 Å². The summed E-state index contributed by atoms with van der Waals surface area (Å²) in [6.07, 6.45) is -3.74. The fourth-order valence-electron chi connectivity index (χ4n) is 4.12. The minimum absolute atomic E-state index is 0.0150. The predicted octanol–water partition coefficient (Wildman–Crippen LogP) is 6.37. The van der Waals surface area contributed by atoms with E-state index in [1.54, 1.807) is 0 Å². The number of alkyl halides is 3. The molecule has 2 aromatic carbocycles. The van der Waals surface area contributed by atoms with Gasteiger partial charge in [-0.15, -0.1) is 0 Å². The Kier molecular flexibility index (Phi) is 7.40. The molecule has 0 aliphatic carbocycles. The SMILES string of the molecule is Cc1cc(C(F)(F)F)c2cccc(OCc3c(Cl)ccc(S(=O)(=O)N4CCC(C#N)CC4)c3Cl)c2n1. The van der Waals surface area contributed by atoms with Crippen molar-refractivity contribution in [3.63, 3.8) is 0 Å². The number of ether oxygens (including phenoxy) is 1. The summed E-state index contributed by atoms with van der Waals surface area (Å²) in [5.41, 5.74) is -0.483. The molecule has 1 saturated heterocycles. The Morgan fingerprint density at radius 2 is 1.89 bits per heavy atom. The molecule has 4 rings (SSSR count). The topological polar surface area (TPSA) is 83.3 Å². The summed E-state index contributed by atoms with van der Waals surface area (Å²) >= 11 is 12.8. The van der Waals surface area contributed by atoms with Gasteiger partial charge in [0.1, 0.15) is 22.8 Å². The Morgan fingerprint density at radius 3 is 2.53 bits per heavy atom. The second-order valence-corrected chi connectivity index (χ2v) is 11.1. The molecular weight excluding hydrogens is 538 g/mol. The smallest absolute Gasteiger partial charge is 0.417 e. The number of para-hydroxylation sites is 1. The van der Waals surface area contributed by atoms with Gasteiger partial charge in [0.2, 0.25) is 10.0 Å². The van der Waals surface area contributed by atoms with Gasteiger partial charge in [0.05, 0.1) is 16.7 Å². The van der Waals surface area contributed by atoms with Crippen molar-refractivity contribution in [2.45, 2.75) is 37.4 Å². The Labute approximate surface area is 216 Å². The molecule has 1 aromatic heterocycles. The van der Waals surface area contributed by atoms with Crippen LogP contribution in [0.5, 0.6) is 5.75 Å². The third-order valence-corrected chi connectivity index (χ3v) is 8.85. The first-order valence-corrected chi connectivity index (χ1v) is 13.1. The van der Waals surface area contributed by atoms with E-state index in [4.69, 9.17) is 33.2 Å². The first-order valence-electron chi connectivity index (χ1n) is 10.9.